The molecule has 1 saturated heterocycles. The maximum atomic E-state index is 4.51. The Morgan fingerprint density at radius 3 is 3.06 bits per heavy atom. The Hall–Kier alpha value is -0.130. The van der Waals surface area contributed by atoms with Crippen molar-refractivity contribution in [3.05, 3.63) is 18.0 Å². The quantitative estimate of drug-likeness (QED) is 0.868. The highest BCUT2D eigenvalue weighted by Crippen LogP contribution is 2.27. The van der Waals surface area contributed by atoms with E-state index in [2.05, 4.69) is 46.9 Å². The molecule has 0 aliphatic carbocycles. The van der Waals surface area contributed by atoms with Gasteiger partial charge in [-0.2, -0.15) is 28.6 Å². The SMILES string of the molecule is CCCNC(Cc1ccn(C)n1)C1CSCCS1. The van der Waals surface area contributed by atoms with Crippen LogP contribution in [0.15, 0.2) is 12.3 Å². The number of hydrogen-bond donors (Lipinski definition) is 1. The van der Waals surface area contributed by atoms with Gasteiger partial charge in [0.2, 0.25) is 0 Å². The Labute approximate surface area is 118 Å². The van der Waals surface area contributed by atoms with Gasteiger partial charge in [0.25, 0.3) is 0 Å². The molecule has 0 spiro atoms. The summed E-state index contributed by atoms with van der Waals surface area (Å²) in [5.41, 5.74) is 1.21. The first-order valence-corrected chi connectivity index (χ1v) is 8.91. The molecular weight excluding hydrogens is 262 g/mol. The Balaban J connectivity index is 1.94. The molecule has 1 aliphatic rings. The fourth-order valence-electron chi connectivity index (χ4n) is 2.20. The third-order valence-corrected chi connectivity index (χ3v) is 6.07. The summed E-state index contributed by atoms with van der Waals surface area (Å²) < 4.78 is 1.90. The fraction of sp³-hybridized carbons (Fsp3) is 0.769. The van der Waals surface area contributed by atoms with Crippen LogP contribution in [-0.4, -0.2) is 44.9 Å². The normalized spacial score (nSPS) is 22.0. The Morgan fingerprint density at radius 2 is 2.44 bits per heavy atom. The summed E-state index contributed by atoms with van der Waals surface area (Å²) in [4.78, 5) is 0. The van der Waals surface area contributed by atoms with Crippen molar-refractivity contribution in [2.75, 3.05) is 23.8 Å². The average Bonchev–Trinajstić information content (AvgIpc) is 2.81. The van der Waals surface area contributed by atoms with Gasteiger partial charge in [0.1, 0.15) is 0 Å². The van der Waals surface area contributed by atoms with Crippen LogP contribution in [-0.2, 0) is 13.5 Å². The summed E-state index contributed by atoms with van der Waals surface area (Å²) in [5.74, 6) is 3.88. The van der Waals surface area contributed by atoms with Gasteiger partial charge in [-0.25, -0.2) is 0 Å². The molecule has 1 N–H and O–H groups in total. The molecule has 1 aliphatic heterocycles. The molecular formula is C13H23N3S2. The highest BCUT2D eigenvalue weighted by Gasteiger charge is 2.24. The molecule has 2 unspecified atom stereocenters. The van der Waals surface area contributed by atoms with Gasteiger partial charge in [0, 0.05) is 48.2 Å². The first-order chi connectivity index (χ1) is 8.79. The summed E-state index contributed by atoms with van der Waals surface area (Å²) >= 11 is 4.22. The van der Waals surface area contributed by atoms with E-state index in [4.69, 9.17) is 0 Å². The maximum absolute atomic E-state index is 4.51. The highest BCUT2D eigenvalue weighted by atomic mass is 32.2. The predicted octanol–water partition coefficient (Wildman–Crippen LogP) is 2.18. The minimum absolute atomic E-state index is 0.567. The van der Waals surface area contributed by atoms with Gasteiger partial charge in [0.05, 0.1) is 5.69 Å². The van der Waals surface area contributed by atoms with E-state index in [1.807, 2.05) is 17.9 Å². The molecule has 1 aromatic rings. The van der Waals surface area contributed by atoms with Gasteiger partial charge < -0.3 is 5.32 Å². The van der Waals surface area contributed by atoms with Crippen LogP contribution in [0.4, 0.5) is 0 Å². The summed E-state index contributed by atoms with van der Waals surface area (Å²) in [5, 5.41) is 8.96. The van der Waals surface area contributed by atoms with Crippen molar-refractivity contribution in [1.29, 1.82) is 0 Å². The highest BCUT2D eigenvalue weighted by molar-refractivity contribution is 8.06. The van der Waals surface area contributed by atoms with Crippen LogP contribution in [0.3, 0.4) is 0 Å². The molecule has 1 aromatic heterocycles. The van der Waals surface area contributed by atoms with Gasteiger partial charge in [-0.3, -0.25) is 4.68 Å². The average molecular weight is 285 g/mol. The number of rotatable bonds is 6. The zero-order chi connectivity index (χ0) is 12.8. The minimum Gasteiger partial charge on any atom is -0.312 e. The summed E-state index contributed by atoms with van der Waals surface area (Å²) in [6, 6.07) is 2.71. The van der Waals surface area contributed by atoms with Crippen molar-refractivity contribution < 1.29 is 0 Å². The maximum Gasteiger partial charge on any atom is 0.0640 e. The topological polar surface area (TPSA) is 29.9 Å². The first-order valence-electron chi connectivity index (χ1n) is 6.71. The monoisotopic (exact) mass is 285 g/mol. The molecule has 102 valence electrons. The van der Waals surface area contributed by atoms with Gasteiger partial charge in [-0.15, -0.1) is 0 Å². The van der Waals surface area contributed by atoms with Gasteiger partial charge in [0.15, 0.2) is 0 Å². The Morgan fingerprint density at radius 1 is 1.56 bits per heavy atom. The van der Waals surface area contributed by atoms with E-state index in [9.17, 15) is 0 Å². The van der Waals surface area contributed by atoms with Crippen molar-refractivity contribution in [3.63, 3.8) is 0 Å². The van der Waals surface area contributed by atoms with Crippen molar-refractivity contribution in [3.8, 4) is 0 Å². The van der Waals surface area contributed by atoms with Crippen LogP contribution in [0.2, 0.25) is 0 Å². The fourth-order valence-corrected chi connectivity index (χ4v) is 5.09. The summed E-state index contributed by atoms with van der Waals surface area (Å²) in [6.45, 7) is 3.34. The lowest BCUT2D eigenvalue weighted by Crippen LogP contribution is -2.43. The molecule has 0 radical (unpaired) electrons. The van der Waals surface area contributed by atoms with Crippen LogP contribution in [0.25, 0.3) is 0 Å². The second-order valence-corrected chi connectivity index (χ2v) is 7.23. The van der Waals surface area contributed by atoms with E-state index in [0.717, 1.165) is 18.2 Å². The van der Waals surface area contributed by atoms with Crippen molar-refractivity contribution >= 4 is 23.5 Å². The number of hydrogen-bond acceptors (Lipinski definition) is 4. The minimum atomic E-state index is 0.567. The smallest absolute Gasteiger partial charge is 0.0640 e. The van der Waals surface area contributed by atoms with Crippen molar-refractivity contribution in [1.82, 2.24) is 15.1 Å². The summed E-state index contributed by atoms with van der Waals surface area (Å²) in [6.07, 6.45) is 4.29. The van der Waals surface area contributed by atoms with E-state index in [1.165, 1.54) is 29.4 Å². The van der Waals surface area contributed by atoms with Crippen LogP contribution in [0.5, 0.6) is 0 Å². The number of thioether (sulfide) groups is 2. The molecule has 0 amide bonds. The second kappa shape index (κ2) is 7.46. The number of nitrogens with one attached hydrogen (secondary N) is 1. The van der Waals surface area contributed by atoms with E-state index in [-0.39, 0.29) is 0 Å². The van der Waals surface area contributed by atoms with Crippen LogP contribution in [0.1, 0.15) is 19.0 Å². The summed E-state index contributed by atoms with van der Waals surface area (Å²) in [7, 11) is 1.99. The van der Waals surface area contributed by atoms with E-state index >= 15 is 0 Å². The number of aromatic nitrogens is 2. The molecule has 2 atom stereocenters. The lowest BCUT2D eigenvalue weighted by molar-refractivity contribution is 0.499. The van der Waals surface area contributed by atoms with Gasteiger partial charge in [-0.05, 0) is 19.0 Å². The number of aryl methyl sites for hydroxylation is 1. The Bertz CT molecular complexity index is 348. The van der Waals surface area contributed by atoms with E-state index in [1.54, 1.807) is 0 Å². The molecule has 1 fully saturated rings. The molecule has 3 nitrogen and oxygen atoms in total. The van der Waals surface area contributed by atoms with Gasteiger partial charge in [-0.1, -0.05) is 6.92 Å². The van der Waals surface area contributed by atoms with Crippen LogP contribution < -0.4 is 5.32 Å². The zero-order valence-corrected chi connectivity index (χ0v) is 12.9. The van der Waals surface area contributed by atoms with E-state index < -0.39 is 0 Å². The van der Waals surface area contributed by atoms with Crippen LogP contribution >= 0.6 is 23.5 Å². The third-order valence-electron chi connectivity index (χ3n) is 3.14. The number of nitrogens with zero attached hydrogens (tertiary/aromatic N) is 2. The predicted molar refractivity (Wildman–Crippen MR) is 82.6 cm³/mol. The third kappa shape index (κ3) is 4.21. The lowest BCUT2D eigenvalue weighted by Gasteiger charge is -2.30. The molecule has 2 rings (SSSR count). The second-order valence-electron chi connectivity index (χ2n) is 4.73. The van der Waals surface area contributed by atoms with Crippen molar-refractivity contribution in [2.45, 2.75) is 31.1 Å². The van der Waals surface area contributed by atoms with Gasteiger partial charge >= 0.3 is 0 Å². The van der Waals surface area contributed by atoms with Crippen molar-refractivity contribution in [2.24, 2.45) is 7.05 Å². The largest absolute Gasteiger partial charge is 0.312 e. The molecule has 0 saturated carbocycles. The molecule has 0 bridgehead atoms. The lowest BCUT2D eigenvalue weighted by atomic mass is 10.1. The molecule has 2 heterocycles. The Kier molecular flexibility index (Phi) is 5.92. The zero-order valence-electron chi connectivity index (χ0n) is 11.3. The molecule has 0 aromatic carbocycles. The standard InChI is InChI=1S/C13H23N3S2/c1-3-5-14-12(13-10-17-7-8-18-13)9-11-4-6-16(2)15-11/h4,6,12-14H,3,5,7-10H2,1-2H3. The molecule has 18 heavy (non-hydrogen) atoms. The van der Waals surface area contributed by atoms with E-state index in [0.29, 0.717) is 6.04 Å². The molecule has 5 heteroatoms. The van der Waals surface area contributed by atoms with Crippen LogP contribution in [0, 0.1) is 0 Å². The first kappa shape index (κ1) is 14.3.